The lowest BCUT2D eigenvalue weighted by atomic mass is 9.95. The third-order valence-electron chi connectivity index (χ3n) is 3.89. The van der Waals surface area contributed by atoms with E-state index in [4.69, 9.17) is 14.2 Å². The van der Waals surface area contributed by atoms with E-state index < -0.39 is 0 Å². The minimum atomic E-state index is -0.169. The minimum Gasteiger partial charge on any atom is -0.369 e. The monoisotopic (exact) mass is 180 g/mol. The third-order valence-corrected chi connectivity index (χ3v) is 3.89. The Balaban J connectivity index is 1.67. The molecule has 2 aliphatic carbocycles. The second kappa shape index (κ2) is 2.00. The summed E-state index contributed by atoms with van der Waals surface area (Å²) in [5.41, 5.74) is 0. The van der Waals surface area contributed by atoms with Crippen molar-refractivity contribution >= 4 is 0 Å². The van der Waals surface area contributed by atoms with Gasteiger partial charge < -0.3 is 14.2 Å². The summed E-state index contributed by atoms with van der Waals surface area (Å²) in [6.07, 6.45) is 4.39. The number of ether oxygens (including phenoxy) is 3. The molecule has 4 fully saturated rings. The quantitative estimate of drug-likeness (QED) is 0.439. The first-order valence-electron chi connectivity index (χ1n) is 4.97. The normalized spacial score (nSPS) is 66.3. The lowest BCUT2D eigenvalue weighted by Crippen LogP contribution is -2.33. The lowest BCUT2D eigenvalue weighted by molar-refractivity contribution is -0.0536. The predicted molar refractivity (Wildman–Crippen MR) is 44.0 cm³/mol. The molecule has 13 heavy (non-hydrogen) atoms. The van der Waals surface area contributed by atoms with Crippen molar-refractivity contribution < 1.29 is 14.2 Å². The van der Waals surface area contributed by atoms with E-state index in [9.17, 15) is 0 Å². The van der Waals surface area contributed by atoms with Crippen LogP contribution < -0.4 is 0 Å². The van der Waals surface area contributed by atoms with Crippen molar-refractivity contribution in [3.63, 3.8) is 0 Å². The highest BCUT2D eigenvalue weighted by atomic mass is 16.7. The summed E-state index contributed by atoms with van der Waals surface area (Å²) in [4.78, 5) is 0. The Hall–Kier alpha value is -0.380. The van der Waals surface area contributed by atoms with Crippen LogP contribution in [0.5, 0.6) is 0 Å². The highest BCUT2D eigenvalue weighted by Crippen LogP contribution is 2.59. The maximum absolute atomic E-state index is 5.75. The van der Waals surface area contributed by atoms with Crippen molar-refractivity contribution in [2.45, 2.75) is 37.1 Å². The van der Waals surface area contributed by atoms with Crippen molar-refractivity contribution in [1.29, 1.82) is 0 Å². The number of epoxide rings is 1. The van der Waals surface area contributed by atoms with Crippen LogP contribution in [0.3, 0.4) is 0 Å². The van der Waals surface area contributed by atoms with Gasteiger partial charge in [-0.1, -0.05) is 6.58 Å². The summed E-state index contributed by atoms with van der Waals surface area (Å²) in [6.45, 7) is 3.69. The van der Waals surface area contributed by atoms with Gasteiger partial charge in [-0.05, 0) is 12.5 Å². The molecule has 0 radical (unpaired) electrons. The van der Waals surface area contributed by atoms with Gasteiger partial charge >= 0.3 is 0 Å². The molecule has 0 N–H and O–H groups in total. The van der Waals surface area contributed by atoms with E-state index in [1.807, 2.05) is 0 Å². The Morgan fingerprint density at radius 2 is 1.46 bits per heavy atom. The van der Waals surface area contributed by atoms with Gasteiger partial charge in [-0.25, -0.2) is 0 Å². The molecule has 1 unspecified atom stereocenters. The lowest BCUT2D eigenvalue weighted by Gasteiger charge is -2.17. The molecule has 2 heterocycles. The highest BCUT2D eigenvalue weighted by Gasteiger charge is 2.70. The molecular weight excluding hydrogens is 168 g/mol. The maximum atomic E-state index is 5.75. The Labute approximate surface area is 76.7 Å². The van der Waals surface area contributed by atoms with E-state index in [1.54, 1.807) is 6.08 Å². The topological polar surface area (TPSA) is 31.0 Å². The molecule has 4 rings (SSSR count). The zero-order chi connectivity index (χ0) is 8.58. The van der Waals surface area contributed by atoms with E-state index in [0.717, 1.165) is 0 Å². The summed E-state index contributed by atoms with van der Waals surface area (Å²) in [5, 5.41) is 0. The van der Waals surface area contributed by atoms with Crippen LogP contribution in [0.15, 0.2) is 12.7 Å². The maximum Gasteiger partial charge on any atom is 0.177 e. The van der Waals surface area contributed by atoms with Gasteiger partial charge in [0, 0.05) is 11.8 Å². The fraction of sp³-hybridized carbons (Fsp3) is 0.800. The van der Waals surface area contributed by atoms with Crippen LogP contribution in [0.2, 0.25) is 0 Å². The molecule has 4 aliphatic rings. The van der Waals surface area contributed by atoms with E-state index in [2.05, 4.69) is 6.58 Å². The molecule has 2 aliphatic heterocycles. The number of hydrogen-bond donors (Lipinski definition) is 0. The van der Waals surface area contributed by atoms with Gasteiger partial charge in [-0.2, -0.15) is 0 Å². The Morgan fingerprint density at radius 1 is 0.923 bits per heavy atom. The molecule has 70 valence electrons. The number of rotatable bonds is 1. The van der Waals surface area contributed by atoms with Gasteiger partial charge in [0.15, 0.2) is 6.29 Å². The Bertz CT molecular complexity index is 255. The standard InChI is InChI=1S/C10H12O3/c1-2-6-11-7-4-3-5(8(7)12-6)10-9(4)13-10/h2,4-10H,1,3H2/t4-,5+,6?,7-,8+,9-,10-/m0/s1. The molecule has 0 amide bonds. The molecule has 3 heteroatoms. The van der Waals surface area contributed by atoms with Crippen LogP contribution in [-0.4, -0.2) is 30.7 Å². The van der Waals surface area contributed by atoms with Crippen LogP contribution in [0.1, 0.15) is 6.42 Å². The molecule has 0 aromatic rings. The summed E-state index contributed by atoms with van der Waals surface area (Å²) in [5.74, 6) is 1.20. The van der Waals surface area contributed by atoms with E-state index in [1.165, 1.54) is 6.42 Å². The van der Waals surface area contributed by atoms with Crippen LogP contribution in [0.4, 0.5) is 0 Å². The van der Waals surface area contributed by atoms with Gasteiger partial charge in [0.25, 0.3) is 0 Å². The first-order valence-corrected chi connectivity index (χ1v) is 4.97. The Kier molecular flexibility index (Phi) is 1.07. The fourth-order valence-electron chi connectivity index (χ4n) is 3.35. The van der Waals surface area contributed by atoms with Gasteiger partial charge in [-0.15, -0.1) is 0 Å². The molecule has 0 spiro atoms. The smallest absolute Gasteiger partial charge is 0.177 e. The van der Waals surface area contributed by atoms with E-state index in [0.29, 0.717) is 24.0 Å². The van der Waals surface area contributed by atoms with Gasteiger partial charge in [0.2, 0.25) is 0 Å². The summed E-state index contributed by atoms with van der Waals surface area (Å²) in [7, 11) is 0. The highest BCUT2D eigenvalue weighted by molar-refractivity contribution is 5.17. The summed E-state index contributed by atoms with van der Waals surface area (Å²) in [6, 6.07) is 0. The summed E-state index contributed by atoms with van der Waals surface area (Å²) >= 11 is 0. The fourth-order valence-corrected chi connectivity index (χ4v) is 3.35. The van der Waals surface area contributed by atoms with Crippen molar-refractivity contribution in [2.75, 3.05) is 0 Å². The zero-order valence-corrected chi connectivity index (χ0v) is 7.26. The largest absolute Gasteiger partial charge is 0.369 e. The zero-order valence-electron chi connectivity index (χ0n) is 7.26. The average Bonchev–Trinajstić information content (AvgIpc) is 2.59. The molecular formula is C10H12O3. The van der Waals surface area contributed by atoms with E-state index >= 15 is 0 Å². The SMILES string of the molecule is C=CC1O[C@@H]2[C@H]3C[C@@H]([C@@H]2O1)[C@@H]1O[C@@H]31. The predicted octanol–water partition coefficient (Wildman–Crippen LogP) is 0.700. The van der Waals surface area contributed by atoms with Crippen molar-refractivity contribution in [3.8, 4) is 0 Å². The van der Waals surface area contributed by atoms with Crippen molar-refractivity contribution in [1.82, 2.24) is 0 Å². The first-order chi connectivity index (χ1) is 6.38. The van der Waals surface area contributed by atoms with Crippen LogP contribution in [0, 0.1) is 11.8 Å². The molecule has 3 nitrogen and oxygen atoms in total. The van der Waals surface area contributed by atoms with Crippen LogP contribution in [-0.2, 0) is 14.2 Å². The van der Waals surface area contributed by atoms with E-state index in [-0.39, 0.29) is 18.5 Å². The number of fused-ring (bicyclic) bond motifs is 8. The van der Waals surface area contributed by atoms with Crippen LogP contribution >= 0.6 is 0 Å². The molecule has 0 aromatic heterocycles. The second-order valence-corrected chi connectivity index (χ2v) is 4.43. The first kappa shape index (κ1) is 6.98. The van der Waals surface area contributed by atoms with Crippen molar-refractivity contribution in [2.24, 2.45) is 11.8 Å². The molecule has 0 aromatic carbocycles. The van der Waals surface area contributed by atoms with Gasteiger partial charge in [-0.3, -0.25) is 0 Å². The number of hydrogen-bond acceptors (Lipinski definition) is 3. The van der Waals surface area contributed by atoms with Crippen molar-refractivity contribution in [3.05, 3.63) is 12.7 Å². The molecule has 2 saturated heterocycles. The van der Waals surface area contributed by atoms with Gasteiger partial charge in [0.1, 0.15) is 0 Å². The Morgan fingerprint density at radius 3 is 2.00 bits per heavy atom. The van der Waals surface area contributed by atoms with Crippen LogP contribution in [0.25, 0.3) is 0 Å². The summed E-state index contributed by atoms with van der Waals surface area (Å²) < 4.78 is 17.0. The average molecular weight is 180 g/mol. The molecule has 2 bridgehead atoms. The molecule has 7 atom stereocenters. The minimum absolute atomic E-state index is 0.169. The second-order valence-electron chi connectivity index (χ2n) is 4.43. The molecule has 2 saturated carbocycles. The van der Waals surface area contributed by atoms with Gasteiger partial charge in [0.05, 0.1) is 24.4 Å². The third kappa shape index (κ3) is 0.685.